The van der Waals surface area contributed by atoms with Crippen molar-refractivity contribution in [3.8, 4) is 0 Å². The molecule has 1 atom stereocenters. The number of nitrogens with zero attached hydrogens (tertiary/aromatic N) is 1. The Kier molecular flexibility index (Phi) is 5.79. The highest BCUT2D eigenvalue weighted by Crippen LogP contribution is 2.24. The number of allylic oxidation sites excluding steroid dienone is 2. The van der Waals surface area contributed by atoms with Crippen molar-refractivity contribution in [2.75, 3.05) is 10.6 Å². The van der Waals surface area contributed by atoms with E-state index in [1.165, 1.54) is 0 Å². The van der Waals surface area contributed by atoms with Gasteiger partial charge in [0, 0.05) is 18.3 Å². The maximum Gasteiger partial charge on any atom is 0.228 e. The number of aromatic nitrogens is 1. The molecule has 1 aliphatic carbocycles. The van der Waals surface area contributed by atoms with Gasteiger partial charge in [0.2, 0.25) is 11.8 Å². The van der Waals surface area contributed by atoms with Crippen molar-refractivity contribution in [1.82, 2.24) is 4.98 Å². The molecule has 2 N–H and O–H groups in total. The predicted octanol–water partition coefficient (Wildman–Crippen LogP) is 3.87. The van der Waals surface area contributed by atoms with Crippen molar-refractivity contribution >= 4 is 23.2 Å². The monoisotopic (exact) mass is 349 g/mol. The summed E-state index contributed by atoms with van der Waals surface area (Å²) in [7, 11) is 0. The Morgan fingerprint density at radius 3 is 2.42 bits per heavy atom. The molecule has 1 aliphatic rings. The van der Waals surface area contributed by atoms with Crippen molar-refractivity contribution in [2.45, 2.75) is 32.6 Å². The zero-order chi connectivity index (χ0) is 18.4. The van der Waals surface area contributed by atoms with E-state index in [0.717, 1.165) is 24.1 Å². The van der Waals surface area contributed by atoms with Crippen LogP contribution in [0.3, 0.4) is 0 Å². The average Bonchev–Trinajstić information content (AvgIpc) is 3.11. The zero-order valence-electron chi connectivity index (χ0n) is 14.9. The van der Waals surface area contributed by atoms with Crippen molar-refractivity contribution < 1.29 is 9.59 Å². The van der Waals surface area contributed by atoms with Gasteiger partial charge in [-0.1, -0.05) is 30.4 Å². The number of amides is 2. The molecule has 5 nitrogen and oxygen atoms in total. The largest absolute Gasteiger partial charge is 0.324 e. The molecule has 0 spiro atoms. The van der Waals surface area contributed by atoms with Crippen LogP contribution in [0.1, 0.15) is 30.5 Å². The Labute approximate surface area is 153 Å². The number of hydrogen-bond acceptors (Lipinski definition) is 3. The first-order valence-corrected chi connectivity index (χ1v) is 8.87. The van der Waals surface area contributed by atoms with E-state index in [-0.39, 0.29) is 18.2 Å². The Morgan fingerprint density at radius 2 is 1.81 bits per heavy atom. The first-order valence-electron chi connectivity index (χ1n) is 8.87. The number of nitrogens with one attached hydrogen (secondary N) is 2. The molecule has 0 saturated heterocycles. The van der Waals surface area contributed by atoms with Gasteiger partial charge >= 0.3 is 0 Å². The first kappa shape index (κ1) is 17.9. The molecule has 1 aromatic carbocycles. The second-order valence-electron chi connectivity index (χ2n) is 6.60. The van der Waals surface area contributed by atoms with E-state index in [1.54, 1.807) is 18.3 Å². The summed E-state index contributed by atoms with van der Waals surface area (Å²) in [4.78, 5) is 28.8. The van der Waals surface area contributed by atoms with Crippen LogP contribution in [0.25, 0.3) is 0 Å². The van der Waals surface area contributed by atoms with Crippen LogP contribution in [-0.2, 0) is 16.0 Å². The number of carbonyl (C=O) groups excluding carboxylic acids is 2. The molecule has 1 aromatic heterocycles. The highest BCUT2D eigenvalue weighted by atomic mass is 16.2. The molecule has 0 bridgehead atoms. The molecule has 3 rings (SSSR count). The van der Waals surface area contributed by atoms with Crippen LogP contribution in [0.15, 0.2) is 54.7 Å². The van der Waals surface area contributed by atoms with Gasteiger partial charge in [-0.05, 0) is 49.4 Å². The fourth-order valence-corrected chi connectivity index (χ4v) is 2.99. The molecule has 134 valence electrons. The lowest BCUT2D eigenvalue weighted by Gasteiger charge is -2.13. The summed E-state index contributed by atoms with van der Waals surface area (Å²) in [5.74, 6) is 0.132. The molecule has 0 saturated carbocycles. The summed E-state index contributed by atoms with van der Waals surface area (Å²) in [5, 5.41) is 5.79. The summed E-state index contributed by atoms with van der Waals surface area (Å²) in [6.45, 7) is 1.91. The minimum absolute atomic E-state index is 0.0361. The number of para-hydroxylation sites is 2. The summed E-state index contributed by atoms with van der Waals surface area (Å²) in [5.41, 5.74) is 2.99. The topological polar surface area (TPSA) is 71.1 Å². The van der Waals surface area contributed by atoms with Crippen molar-refractivity contribution in [1.29, 1.82) is 0 Å². The Morgan fingerprint density at radius 1 is 1.08 bits per heavy atom. The quantitative estimate of drug-likeness (QED) is 0.778. The van der Waals surface area contributed by atoms with E-state index >= 15 is 0 Å². The standard InChI is InChI=1S/C21H23N3O2/c1-15-10-11-17(14-22-15)13-21(26)24-19-9-5-4-8-18(19)23-20(25)12-16-6-2-3-7-16/h2,4-6,8-11,14,16H,3,7,12-13H2,1H3,(H,23,25)(H,24,26)/t16-/m1/s1. The fourth-order valence-electron chi connectivity index (χ4n) is 2.99. The molecular weight excluding hydrogens is 326 g/mol. The highest BCUT2D eigenvalue weighted by Gasteiger charge is 2.15. The molecule has 0 fully saturated rings. The average molecular weight is 349 g/mol. The Hall–Kier alpha value is -2.95. The summed E-state index contributed by atoms with van der Waals surface area (Å²) in [6.07, 6.45) is 8.69. The number of aryl methyl sites for hydroxylation is 1. The van der Waals surface area contributed by atoms with Crippen LogP contribution in [0.5, 0.6) is 0 Å². The van der Waals surface area contributed by atoms with Crippen LogP contribution >= 0.6 is 0 Å². The maximum absolute atomic E-state index is 12.3. The second-order valence-corrected chi connectivity index (χ2v) is 6.60. The van der Waals surface area contributed by atoms with Gasteiger partial charge in [0.15, 0.2) is 0 Å². The SMILES string of the molecule is Cc1ccc(CC(=O)Nc2ccccc2NC(=O)C[C@@H]2C=CCC2)cn1. The van der Waals surface area contributed by atoms with Crippen molar-refractivity contribution in [2.24, 2.45) is 5.92 Å². The van der Waals surface area contributed by atoms with Gasteiger partial charge in [-0.15, -0.1) is 0 Å². The van der Waals surface area contributed by atoms with Gasteiger partial charge in [-0.3, -0.25) is 14.6 Å². The molecular formula is C21H23N3O2. The first-order chi connectivity index (χ1) is 12.6. The lowest BCUT2D eigenvalue weighted by Crippen LogP contribution is -2.19. The molecule has 1 heterocycles. The van der Waals surface area contributed by atoms with Crippen molar-refractivity contribution in [3.63, 3.8) is 0 Å². The van der Waals surface area contributed by atoms with E-state index < -0.39 is 0 Å². The molecule has 0 aliphatic heterocycles. The number of pyridine rings is 1. The van der Waals surface area contributed by atoms with Gasteiger partial charge in [-0.25, -0.2) is 0 Å². The summed E-state index contributed by atoms with van der Waals surface area (Å²) < 4.78 is 0. The highest BCUT2D eigenvalue weighted by molar-refractivity contribution is 6.00. The molecule has 5 heteroatoms. The third kappa shape index (κ3) is 5.02. The lowest BCUT2D eigenvalue weighted by molar-refractivity contribution is -0.117. The van der Waals surface area contributed by atoms with Crippen LogP contribution in [0.2, 0.25) is 0 Å². The lowest BCUT2D eigenvalue weighted by atomic mass is 10.0. The Bertz CT molecular complexity index is 812. The predicted molar refractivity (Wildman–Crippen MR) is 103 cm³/mol. The van der Waals surface area contributed by atoms with E-state index in [0.29, 0.717) is 23.7 Å². The van der Waals surface area contributed by atoms with E-state index in [4.69, 9.17) is 0 Å². The number of carbonyl (C=O) groups is 2. The van der Waals surface area contributed by atoms with Gasteiger partial charge in [-0.2, -0.15) is 0 Å². The molecule has 26 heavy (non-hydrogen) atoms. The van der Waals surface area contributed by atoms with Gasteiger partial charge in [0.25, 0.3) is 0 Å². The van der Waals surface area contributed by atoms with E-state index in [2.05, 4.69) is 27.8 Å². The second kappa shape index (κ2) is 8.43. The molecule has 2 amide bonds. The van der Waals surface area contributed by atoms with Crippen LogP contribution in [0, 0.1) is 12.8 Å². The maximum atomic E-state index is 12.3. The van der Waals surface area contributed by atoms with Crippen LogP contribution in [0.4, 0.5) is 11.4 Å². The third-order valence-electron chi connectivity index (χ3n) is 4.37. The molecule has 0 unspecified atom stereocenters. The van der Waals surface area contributed by atoms with Crippen LogP contribution < -0.4 is 10.6 Å². The number of hydrogen-bond donors (Lipinski definition) is 2. The van der Waals surface area contributed by atoms with E-state index in [9.17, 15) is 9.59 Å². The normalized spacial score (nSPS) is 15.7. The number of rotatable bonds is 6. The van der Waals surface area contributed by atoms with Crippen LogP contribution in [-0.4, -0.2) is 16.8 Å². The number of anilines is 2. The van der Waals surface area contributed by atoms with Gasteiger partial charge in [0.1, 0.15) is 0 Å². The smallest absolute Gasteiger partial charge is 0.228 e. The Balaban J connectivity index is 1.60. The van der Waals surface area contributed by atoms with Gasteiger partial charge in [0.05, 0.1) is 17.8 Å². The number of benzene rings is 1. The fraction of sp³-hybridized carbons (Fsp3) is 0.286. The van der Waals surface area contributed by atoms with E-state index in [1.807, 2.05) is 31.2 Å². The minimum Gasteiger partial charge on any atom is -0.324 e. The third-order valence-corrected chi connectivity index (χ3v) is 4.37. The summed E-state index contributed by atoms with van der Waals surface area (Å²) in [6, 6.07) is 11.0. The zero-order valence-corrected chi connectivity index (χ0v) is 14.9. The summed E-state index contributed by atoms with van der Waals surface area (Å²) >= 11 is 0. The van der Waals surface area contributed by atoms with Gasteiger partial charge < -0.3 is 10.6 Å². The minimum atomic E-state index is -0.143. The molecule has 2 aromatic rings. The van der Waals surface area contributed by atoms with Crippen molar-refractivity contribution in [3.05, 3.63) is 66.0 Å². The molecule has 0 radical (unpaired) electrons.